The van der Waals surface area contributed by atoms with E-state index in [1.807, 2.05) is 0 Å². The quantitative estimate of drug-likeness (QED) is 0.845. The van der Waals surface area contributed by atoms with Crippen LogP contribution >= 0.6 is 0 Å². The Morgan fingerprint density at radius 1 is 1.41 bits per heavy atom. The predicted octanol–water partition coefficient (Wildman–Crippen LogP) is 3.13. The molecule has 0 amide bonds. The minimum Gasteiger partial charge on any atom is -0.478 e. The topological polar surface area (TPSA) is 49.3 Å². The number of anilines is 1. The summed E-state index contributed by atoms with van der Waals surface area (Å²) in [6, 6.07) is 3.82. The molecule has 17 heavy (non-hydrogen) atoms. The number of nitrogens with one attached hydrogen (secondary N) is 1. The van der Waals surface area contributed by atoms with E-state index in [0.29, 0.717) is 5.92 Å². The van der Waals surface area contributed by atoms with Gasteiger partial charge < -0.3 is 10.4 Å². The van der Waals surface area contributed by atoms with Crippen LogP contribution in [-0.2, 0) is 0 Å². The zero-order valence-electron chi connectivity index (χ0n) is 9.58. The lowest BCUT2D eigenvalue weighted by molar-refractivity contribution is 0.0697. The molecule has 1 aliphatic carbocycles. The van der Waals surface area contributed by atoms with Gasteiger partial charge in [0.25, 0.3) is 0 Å². The lowest BCUT2D eigenvalue weighted by atomic mass is 10.1. The maximum atomic E-state index is 13.5. The van der Waals surface area contributed by atoms with Gasteiger partial charge in [0.15, 0.2) is 0 Å². The van der Waals surface area contributed by atoms with Gasteiger partial charge in [-0.3, -0.25) is 0 Å². The van der Waals surface area contributed by atoms with Crippen molar-refractivity contribution < 1.29 is 14.3 Å². The van der Waals surface area contributed by atoms with Crippen molar-refractivity contribution in [2.75, 3.05) is 11.9 Å². The Kier molecular flexibility index (Phi) is 3.61. The fraction of sp³-hybridized carbons (Fsp3) is 0.462. The van der Waals surface area contributed by atoms with E-state index in [0.717, 1.165) is 6.54 Å². The molecule has 0 aromatic heterocycles. The van der Waals surface area contributed by atoms with Gasteiger partial charge in [-0.2, -0.15) is 0 Å². The van der Waals surface area contributed by atoms with E-state index in [1.54, 1.807) is 0 Å². The number of carboxylic acids is 1. The second-order valence-corrected chi connectivity index (χ2v) is 4.53. The summed E-state index contributed by atoms with van der Waals surface area (Å²) in [5.74, 6) is -0.843. The van der Waals surface area contributed by atoms with Crippen LogP contribution in [0.4, 0.5) is 10.1 Å². The Labute approximate surface area is 99.7 Å². The minimum absolute atomic E-state index is 0.111. The van der Waals surface area contributed by atoms with E-state index in [-0.39, 0.29) is 11.3 Å². The zero-order valence-corrected chi connectivity index (χ0v) is 9.58. The Bertz CT molecular complexity index is 414. The van der Waals surface area contributed by atoms with Gasteiger partial charge in [-0.05, 0) is 37.0 Å². The molecule has 4 heteroatoms. The number of benzene rings is 1. The van der Waals surface area contributed by atoms with Crippen molar-refractivity contribution >= 4 is 11.7 Å². The SMILES string of the molecule is O=C(O)c1ccc(F)c(NCC2CCCC2)c1. The Morgan fingerprint density at radius 3 is 2.76 bits per heavy atom. The smallest absolute Gasteiger partial charge is 0.335 e. The number of hydrogen-bond acceptors (Lipinski definition) is 2. The third kappa shape index (κ3) is 2.96. The predicted molar refractivity (Wildman–Crippen MR) is 63.8 cm³/mol. The van der Waals surface area contributed by atoms with E-state index >= 15 is 0 Å². The van der Waals surface area contributed by atoms with Crippen LogP contribution in [0.25, 0.3) is 0 Å². The molecule has 0 spiro atoms. The first-order chi connectivity index (χ1) is 8.16. The molecule has 2 N–H and O–H groups in total. The van der Waals surface area contributed by atoms with E-state index in [2.05, 4.69) is 5.32 Å². The van der Waals surface area contributed by atoms with Crippen molar-refractivity contribution in [3.05, 3.63) is 29.6 Å². The molecule has 3 nitrogen and oxygen atoms in total. The monoisotopic (exact) mass is 237 g/mol. The van der Waals surface area contributed by atoms with E-state index in [9.17, 15) is 9.18 Å². The van der Waals surface area contributed by atoms with Gasteiger partial charge in [0.05, 0.1) is 11.3 Å². The van der Waals surface area contributed by atoms with E-state index in [4.69, 9.17) is 5.11 Å². The normalized spacial score (nSPS) is 16.1. The Balaban J connectivity index is 2.03. The van der Waals surface area contributed by atoms with Gasteiger partial charge in [0, 0.05) is 6.54 Å². The molecule has 1 aromatic rings. The first-order valence-electron chi connectivity index (χ1n) is 5.93. The van der Waals surface area contributed by atoms with Crippen molar-refractivity contribution in [3.8, 4) is 0 Å². The number of aromatic carboxylic acids is 1. The third-order valence-corrected chi connectivity index (χ3v) is 3.27. The molecule has 2 rings (SSSR count). The largest absolute Gasteiger partial charge is 0.478 e. The van der Waals surface area contributed by atoms with Crippen molar-refractivity contribution in [2.45, 2.75) is 25.7 Å². The minimum atomic E-state index is -1.03. The third-order valence-electron chi connectivity index (χ3n) is 3.27. The summed E-state index contributed by atoms with van der Waals surface area (Å²) >= 11 is 0. The summed E-state index contributed by atoms with van der Waals surface area (Å²) in [4.78, 5) is 10.8. The molecule has 1 aromatic carbocycles. The van der Waals surface area contributed by atoms with Crippen molar-refractivity contribution in [2.24, 2.45) is 5.92 Å². The van der Waals surface area contributed by atoms with Gasteiger partial charge in [-0.25, -0.2) is 9.18 Å². The number of hydrogen-bond donors (Lipinski definition) is 2. The number of carboxylic acid groups (broad SMARTS) is 1. The molecule has 1 saturated carbocycles. The number of rotatable bonds is 4. The van der Waals surface area contributed by atoms with Gasteiger partial charge in [-0.15, -0.1) is 0 Å². The molecule has 0 saturated heterocycles. The first kappa shape index (κ1) is 11.9. The molecule has 0 bridgehead atoms. The number of halogens is 1. The molecule has 0 atom stereocenters. The highest BCUT2D eigenvalue weighted by atomic mass is 19.1. The summed E-state index contributed by atoms with van der Waals surface area (Å²) in [6.45, 7) is 0.722. The maximum Gasteiger partial charge on any atom is 0.335 e. The van der Waals surface area contributed by atoms with Crippen LogP contribution in [0.2, 0.25) is 0 Å². The van der Waals surface area contributed by atoms with Crippen molar-refractivity contribution in [3.63, 3.8) is 0 Å². The second kappa shape index (κ2) is 5.17. The summed E-state index contributed by atoms with van der Waals surface area (Å²) in [7, 11) is 0. The van der Waals surface area contributed by atoms with Crippen LogP contribution in [0.5, 0.6) is 0 Å². The average Bonchev–Trinajstić information content (AvgIpc) is 2.80. The molecule has 1 fully saturated rings. The van der Waals surface area contributed by atoms with Crippen LogP contribution in [0.3, 0.4) is 0 Å². The highest BCUT2D eigenvalue weighted by molar-refractivity contribution is 5.88. The van der Waals surface area contributed by atoms with Gasteiger partial charge in [0.1, 0.15) is 5.82 Å². The number of carbonyl (C=O) groups is 1. The molecule has 1 aliphatic rings. The molecule has 92 valence electrons. The fourth-order valence-electron chi connectivity index (χ4n) is 2.26. The van der Waals surface area contributed by atoms with Gasteiger partial charge >= 0.3 is 5.97 Å². The van der Waals surface area contributed by atoms with E-state index < -0.39 is 11.8 Å². The summed E-state index contributed by atoms with van der Waals surface area (Å²) in [5, 5.41) is 11.8. The standard InChI is InChI=1S/C13H16FNO2/c14-11-6-5-10(13(16)17)7-12(11)15-8-9-3-1-2-4-9/h5-7,9,15H,1-4,8H2,(H,16,17). The Hall–Kier alpha value is -1.58. The van der Waals surface area contributed by atoms with Crippen LogP contribution in [0.1, 0.15) is 36.0 Å². The molecule has 0 aliphatic heterocycles. The van der Waals surface area contributed by atoms with Crippen molar-refractivity contribution in [1.29, 1.82) is 0 Å². The van der Waals surface area contributed by atoms with Gasteiger partial charge in [-0.1, -0.05) is 12.8 Å². The Morgan fingerprint density at radius 2 is 2.12 bits per heavy atom. The van der Waals surface area contributed by atoms with Gasteiger partial charge in [0.2, 0.25) is 0 Å². The first-order valence-corrected chi connectivity index (χ1v) is 5.93. The van der Waals surface area contributed by atoms with Crippen LogP contribution in [0, 0.1) is 11.7 Å². The van der Waals surface area contributed by atoms with Crippen molar-refractivity contribution in [1.82, 2.24) is 0 Å². The molecule has 0 radical (unpaired) electrons. The van der Waals surface area contributed by atoms with Crippen LogP contribution in [0.15, 0.2) is 18.2 Å². The maximum absolute atomic E-state index is 13.5. The highest BCUT2D eigenvalue weighted by Gasteiger charge is 2.15. The molecular formula is C13H16FNO2. The summed E-state index contributed by atoms with van der Waals surface area (Å²) in [5.41, 5.74) is 0.400. The van der Waals surface area contributed by atoms with Crippen LogP contribution < -0.4 is 5.32 Å². The zero-order chi connectivity index (χ0) is 12.3. The molecule has 0 heterocycles. The lowest BCUT2D eigenvalue weighted by Gasteiger charge is -2.12. The van der Waals surface area contributed by atoms with E-state index in [1.165, 1.54) is 43.9 Å². The van der Waals surface area contributed by atoms with Crippen LogP contribution in [-0.4, -0.2) is 17.6 Å². The molecule has 0 unspecified atom stereocenters. The fourth-order valence-corrected chi connectivity index (χ4v) is 2.26. The second-order valence-electron chi connectivity index (χ2n) is 4.53. The molecular weight excluding hydrogens is 221 g/mol. The average molecular weight is 237 g/mol. The highest BCUT2D eigenvalue weighted by Crippen LogP contribution is 2.25. The summed E-state index contributed by atoms with van der Waals surface area (Å²) in [6.07, 6.45) is 4.83. The lowest BCUT2D eigenvalue weighted by Crippen LogP contribution is -2.12. The summed E-state index contributed by atoms with van der Waals surface area (Å²) < 4.78 is 13.5.